The minimum atomic E-state index is -0.498. The van der Waals surface area contributed by atoms with Crippen LogP contribution in [0.5, 0.6) is 0 Å². The fourth-order valence-electron chi connectivity index (χ4n) is 3.45. The molecule has 0 bridgehead atoms. The van der Waals surface area contributed by atoms with E-state index < -0.39 is 12.0 Å². The summed E-state index contributed by atoms with van der Waals surface area (Å²) in [6.45, 7) is 1.81. The maximum Gasteiger partial charge on any atom is 0.337 e. The number of para-hydroxylation sites is 1. The molecular formula is C22H19BrN4O2S. The van der Waals surface area contributed by atoms with Gasteiger partial charge in [-0.3, -0.25) is 0 Å². The van der Waals surface area contributed by atoms with Gasteiger partial charge in [0.25, 0.3) is 0 Å². The molecule has 1 atom stereocenters. The summed E-state index contributed by atoms with van der Waals surface area (Å²) < 4.78 is 7.83. The van der Waals surface area contributed by atoms with Crippen molar-refractivity contribution >= 4 is 39.2 Å². The Hall–Kier alpha value is -2.97. The molecule has 0 fully saturated rings. The number of methoxy groups -OCH3 is 1. The molecular weight excluding hydrogens is 464 g/mol. The third kappa shape index (κ3) is 3.88. The molecule has 0 aliphatic carbocycles. The number of hydrogen-bond acceptors (Lipinski definition) is 4. The van der Waals surface area contributed by atoms with Gasteiger partial charge in [0.2, 0.25) is 0 Å². The number of esters is 1. The van der Waals surface area contributed by atoms with E-state index in [1.165, 1.54) is 7.11 Å². The van der Waals surface area contributed by atoms with Gasteiger partial charge in [0.1, 0.15) is 0 Å². The molecule has 0 radical (unpaired) electrons. The Bertz CT molecular complexity index is 1140. The fourth-order valence-corrected chi connectivity index (χ4v) is 3.99. The number of halogens is 1. The summed E-state index contributed by atoms with van der Waals surface area (Å²) in [5.41, 5.74) is 4.55. The van der Waals surface area contributed by atoms with Gasteiger partial charge in [-0.05, 0) is 43.4 Å². The zero-order valence-corrected chi connectivity index (χ0v) is 18.8. The van der Waals surface area contributed by atoms with E-state index in [1.807, 2.05) is 72.4 Å². The van der Waals surface area contributed by atoms with Crippen molar-refractivity contribution in [3.8, 4) is 16.9 Å². The Kier molecular flexibility index (Phi) is 5.69. The Morgan fingerprint density at radius 2 is 1.87 bits per heavy atom. The first kappa shape index (κ1) is 20.3. The zero-order valence-electron chi connectivity index (χ0n) is 16.3. The maximum atomic E-state index is 12.6. The van der Waals surface area contributed by atoms with E-state index in [4.69, 9.17) is 22.1 Å². The lowest BCUT2D eigenvalue weighted by molar-refractivity contribution is -0.136. The summed E-state index contributed by atoms with van der Waals surface area (Å²) in [5, 5.41) is 11.5. The van der Waals surface area contributed by atoms with Crippen LogP contribution in [0.2, 0.25) is 0 Å². The predicted molar refractivity (Wildman–Crippen MR) is 123 cm³/mol. The summed E-state index contributed by atoms with van der Waals surface area (Å²) in [6, 6.07) is 17.2. The number of rotatable bonds is 4. The summed E-state index contributed by atoms with van der Waals surface area (Å²) in [6.07, 6.45) is 1.93. The monoisotopic (exact) mass is 482 g/mol. The van der Waals surface area contributed by atoms with Crippen LogP contribution in [0.4, 0.5) is 0 Å². The molecule has 0 saturated heterocycles. The average Bonchev–Trinajstić information content (AvgIpc) is 3.19. The molecule has 0 amide bonds. The van der Waals surface area contributed by atoms with Crippen LogP contribution in [0, 0.1) is 0 Å². The van der Waals surface area contributed by atoms with Crippen LogP contribution in [0.1, 0.15) is 18.5 Å². The topological polar surface area (TPSA) is 68.2 Å². The largest absolute Gasteiger partial charge is 0.466 e. The fraction of sp³-hybridized carbons (Fsp3) is 0.136. The number of aromatic nitrogens is 2. The number of benzene rings is 2. The Morgan fingerprint density at radius 1 is 1.17 bits per heavy atom. The number of allylic oxidation sites excluding steroid dienone is 1. The highest BCUT2D eigenvalue weighted by atomic mass is 79.9. The Morgan fingerprint density at radius 3 is 2.53 bits per heavy atom. The molecule has 30 heavy (non-hydrogen) atoms. The van der Waals surface area contributed by atoms with E-state index in [-0.39, 0.29) is 0 Å². The lowest BCUT2D eigenvalue weighted by Gasteiger charge is -2.29. The van der Waals surface area contributed by atoms with Gasteiger partial charge in [-0.25, -0.2) is 9.48 Å². The molecule has 1 aromatic heterocycles. The molecule has 152 valence electrons. The first-order chi connectivity index (χ1) is 14.5. The maximum absolute atomic E-state index is 12.6. The van der Waals surface area contributed by atoms with E-state index in [1.54, 1.807) is 0 Å². The van der Waals surface area contributed by atoms with Gasteiger partial charge >= 0.3 is 5.97 Å². The molecule has 4 rings (SSSR count). The molecule has 3 aromatic rings. The van der Waals surface area contributed by atoms with E-state index in [0.29, 0.717) is 16.4 Å². The third-order valence-corrected chi connectivity index (χ3v) is 5.61. The second-order valence-electron chi connectivity index (χ2n) is 6.78. The number of ether oxygens (including phenoxy) is 1. The van der Waals surface area contributed by atoms with Crippen LogP contribution >= 0.6 is 28.1 Å². The van der Waals surface area contributed by atoms with Gasteiger partial charge in [-0.2, -0.15) is 5.10 Å². The van der Waals surface area contributed by atoms with E-state index >= 15 is 0 Å². The third-order valence-electron chi connectivity index (χ3n) is 4.87. The molecule has 1 aliphatic heterocycles. The van der Waals surface area contributed by atoms with Gasteiger partial charge in [-0.1, -0.05) is 46.3 Å². The van der Waals surface area contributed by atoms with Crippen molar-refractivity contribution in [2.45, 2.75) is 13.0 Å². The van der Waals surface area contributed by atoms with Gasteiger partial charge in [0.15, 0.2) is 5.11 Å². The smallest absolute Gasteiger partial charge is 0.337 e. The van der Waals surface area contributed by atoms with Crippen LogP contribution in [0.3, 0.4) is 0 Å². The van der Waals surface area contributed by atoms with Crippen LogP contribution in [0.15, 0.2) is 76.5 Å². The number of hydrogen-bond donors (Lipinski definition) is 2. The van der Waals surface area contributed by atoms with E-state index in [2.05, 4.69) is 26.6 Å². The molecule has 8 heteroatoms. The van der Waals surface area contributed by atoms with Crippen molar-refractivity contribution < 1.29 is 9.53 Å². The number of carbonyl (C=O) groups is 1. The normalized spacial score (nSPS) is 16.1. The number of thiocarbonyl (C=S) groups is 1. The second-order valence-corrected chi connectivity index (χ2v) is 8.11. The van der Waals surface area contributed by atoms with E-state index in [9.17, 15) is 4.79 Å². The number of nitrogens with one attached hydrogen (secondary N) is 2. The standard InChI is InChI=1S/C22H19BrN4O2S/c1-13-18(21(28)29-2)20(25-22(30)24-13)17-12-27(16-6-4-3-5-7-16)26-19(17)14-8-10-15(23)11-9-14/h3-12,20H,1-2H3,(H2,24,25,30)/t20-/m0/s1. The van der Waals surface area contributed by atoms with Gasteiger partial charge in [0, 0.05) is 27.5 Å². The van der Waals surface area contributed by atoms with Crippen molar-refractivity contribution in [3.63, 3.8) is 0 Å². The van der Waals surface area contributed by atoms with Gasteiger partial charge in [-0.15, -0.1) is 0 Å². The zero-order chi connectivity index (χ0) is 21.3. The van der Waals surface area contributed by atoms with E-state index in [0.717, 1.165) is 27.0 Å². The second kappa shape index (κ2) is 8.41. The average molecular weight is 483 g/mol. The highest BCUT2D eigenvalue weighted by Gasteiger charge is 2.33. The van der Waals surface area contributed by atoms with Crippen molar-refractivity contribution in [3.05, 3.63) is 82.1 Å². The highest BCUT2D eigenvalue weighted by molar-refractivity contribution is 9.10. The SMILES string of the molecule is COC(=O)C1=C(C)NC(=S)N[C@H]1c1cn(-c2ccccc2)nc1-c1ccc(Br)cc1. The van der Waals surface area contributed by atoms with Crippen molar-refractivity contribution in [1.29, 1.82) is 0 Å². The summed E-state index contributed by atoms with van der Waals surface area (Å²) in [4.78, 5) is 12.6. The molecule has 2 N–H and O–H groups in total. The summed E-state index contributed by atoms with van der Waals surface area (Å²) >= 11 is 8.85. The number of nitrogens with zero attached hydrogens (tertiary/aromatic N) is 2. The lowest BCUT2D eigenvalue weighted by Crippen LogP contribution is -2.45. The summed E-state index contributed by atoms with van der Waals surface area (Å²) in [7, 11) is 1.37. The van der Waals surface area contributed by atoms with Crippen molar-refractivity contribution in [1.82, 2.24) is 20.4 Å². The molecule has 0 saturated carbocycles. The summed E-state index contributed by atoms with van der Waals surface area (Å²) in [5.74, 6) is -0.422. The minimum Gasteiger partial charge on any atom is -0.466 e. The van der Waals surface area contributed by atoms with Crippen molar-refractivity contribution in [2.24, 2.45) is 0 Å². The molecule has 1 aliphatic rings. The van der Waals surface area contributed by atoms with Gasteiger partial charge in [0.05, 0.1) is 30.1 Å². The quantitative estimate of drug-likeness (QED) is 0.427. The first-order valence-electron chi connectivity index (χ1n) is 9.25. The molecule has 2 aromatic carbocycles. The molecule has 0 unspecified atom stereocenters. The first-order valence-corrected chi connectivity index (χ1v) is 10.5. The van der Waals surface area contributed by atoms with Gasteiger partial charge < -0.3 is 15.4 Å². The number of carbonyl (C=O) groups excluding carboxylic acids is 1. The highest BCUT2D eigenvalue weighted by Crippen LogP contribution is 2.35. The van der Waals surface area contributed by atoms with Crippen molar-refractivity contribution in [2.75, 3.05) is 7.11 Å². The molecule has 6 nitrogen and oxygen atoms in total. The van der Waals surface area contributed by atoms with Crippen LogP contribution in [0.25, 0.3) is 16.9 Å². The molecule has 0 spiro atoms. The van der Waals surface area contributed by atoms with Crippen LogP contribution < -0.4 is 10.6 Å². The Labute approximate surface area is 188 Å². The molecule has 2 heterocycles. The lowest BCUT2D eigenvalue weighted by atomic mass is 9.94. The van der Waals surface area contributed by atoms with Crippen LogP contribution in [-0.2, 0) is 9.53 Å². The van der Waals surface area contributed by atoms with Crippen LogP contribution in [-0.4, -0.2) is 28.0 Å². The Balaban J connectivity index is 1.92. The predicted octanol–water partition coefficient (Wildman–Crippen LogP) is 4.27. The minimum absolute atomic E-state index is 0.422.